The number of hydrogen-bond donors (Lipinski definition) is 2. The minimum Gasteiger partial charge on any atom is -0.422 e. The first-order valence-electron chi connectivity index (χ1n) is 8.18. The normalized spacial score (nSPS) is 18.0. The number of carbonyl (C=O) groups excluding carboxylic acids is 1. The fraction of sp³-hybridized carbons (Fsp3) is 0.444. The molecule has 0 spiro atoms. The summed E-state index contributed by atoms with van der Waals surface area (Å²) in [6, 6.07) is 7.27. The van der Waals surface area contributed by atoms with Gasteiger partial charge in [0, 0.05) is 11.9 Å². The van der Waals surface area contributed by atoms with Gasteiger partial charge in [0.1, 0.15) is 11.1 Å². The van der Waals surface area contributed by atoms with Crippen LogP contribution >= 0.6 is 0 Å². The molecule has 1 fully saturated rings. The molecule has 1 saturated heterocycles. The highest BCUT2D eigenvalue weighted by atomic mass is 16.4. The molecule has 0 bridgehead atoms. The Morgan fingerprint density at radius 2 is 2.22 bits per heavy atom. The van der Waals surface area contributed by atoms with Crippen LogP contribution in [-0.2, 0) is 0 Å². The highest BCUT2D eigenvalue weighted by Gasteiger charge is 2.19. The summed E-state index contributed by atoms with van der Waals surface area (Å²) >= 11 is 0. The van der Waals surface area contributed by atoms with Gasteiger partial charge in [0.05, 0.1) is 0 Å². The number of para-hydroxylation sites is 1. The number of piperidine rings is 1. The van der Waals surface area contributed by atoms with Crippen molar-refractivity contribution in [3.63, 3.8) is 0 Å². The van der Waals surface area contributed by atoms with E-state index in [1.54, 1.807) is 13.0 Å². The summed E-state index contributed by atoms with van der Waals surface area (Å²) in [7, 11) is 0. The number of amides is 1. The molecule has 122 valence electrons. The van der Waals surface area contributed by atoms with Crippen LogP contribution in [0.25, 0.3) is 11.0 Å². The van der Waals surface area contributed by atoms with E-state index in [0.717, 1.165) is 24.9 Å². The average molecular weight is 314 g/mol. The molecular formula is C18H22N2O3. The molecule has 1 aromatic heterocycles. The second kappa shape index (κ2) is 6.96. The van der Waals surface area contributed by atoms with Gasteiger partial charge in [-0.05, 0) is 56.8 Å². The topological polar surface area (TPSA) is 71.3 Å². The summed E-state index contributed by atoms with van der Waals surface area (Å²) in [5, 5.41) is 7.03. The summed E-state index contributed by atoms with van der Waals surface area (Å²) in [6.07, 6.45) is 3.31. The zero-order valence-corrected chi connectivity index (χ0v) is 13.4. The molecule has 1 atom stereocenters. The van der Waals surface area contributed by atoms with Crippen molar-refractivity contribution in [2.45, 2.75) is 26.2 Å². The maximum atomic E-state index is 12.4. The summed E-state index contributed by atoms with van der Waals surface area (Å²) < 4.78 is 5.26. The van der Waals surface area contributed by atoms with Crippen LogP contribution in [0.1, 0.15) is 35.2 Å². The molecule has 2 N–H and O–H groups in total. The van der Waals surface area contributed by atoms with Crippen LogP contribution in [-0.4, -0.2) is 25.5 Å². The first-order chi connectivity index (χ1) is 11.2. The molecule has 1 aliphatic rings. The van der Waals surface area contributed by atoms with Crippen LogP contribution < -0.4 is 16.3 Å². The number of carbonyl (C=O) groups is 1. The first-order valence-corrected chi connectivity index (χ1v) is 8.18. The van der Waals surface area contributed by atoms with Crippen molar-refractivity contribution in [2.24, 2.45) is 5.92 Å². The van der Waals surface area contributed by atoms with E-state index in [-0.39, 0.29) is 11.5 Å². The van der Waals surface area contributed by atoms with Crippen LogP contribution in [0.5, 0.6) is 0 Å². The van der Waals surface area contributed by atoms with Gasteiger partial charge < -0.3 is 15.1 Å². The lowest BCUT2D eigenvalue weighted by Gasteiger charge is -2.22. The molecule has 1 aromatic carbocycles. The lowest BCUT2D eigenvalue weighted by atomic mass is 9.96. The lowest BCUT2D eigenvalue weighted by molar-refractivity contribution is 0.0946. The quantitative estimate of drug-likeness (QED) is 0.849. The molecule has 2 heterocycles. The van der Waals surface area contributed by atoms with Crippen molar-refractivity contribution in [2.75, 3.05) is 19.6 Å². The summed E-state index contributed by atoms with van der Waals surface area (Å²) in [4.78, 5) is 24.5. The Morgan fingerprint density at radius 3 is 3.00 bits per heavy atom. The van der Waals surface area contributed by atoms with Crippen molar-refractivity contribution in [3.8, 4) is 0 Å². The highest BCUT2D eigenvalue weighted by molar-refractivity contribution is 5.99. The molecule has 3 rings (SSSR count). The molecule has 1 aliphatic heterocycles. The number of benzene rings is 1. The maximum absolute atomic E-state index is 12.4. The predicted molar refractivity (Wildman–Crippen MR) is 89.8 cm³/mol. The van der Waals surface area contributed by atoms with E-state index in [2.05, 4.69) is 10.6 Å². The third-order valence-corrected chi connectivity index (χ3v) is 4.54. The Hall–Kier alpha value is -2.14. The van der Waals surface area contributed by atoms with Gasteiger partial charge in [0.25, 0.3) is 5.91 Å². The Labute approximate surface area is 135 Å². The summed E-state index contributed by atoms with van der Waals surface area (Å²) in [5.74, 6) is 0.254. The number of rotatable bonds is 4. The Kier molecular flexibility index (Phi) is 4.76. The van der Waals surface area contributed by atoms with E-state index in [9.17, 15) is 9.59 Å². The van der Waals surface area contributed by atoms with Crippen molar-refractivity contribution in [3.05, 3.63) is 45.8 Å². The standard InChI is InChI=1S/C18H22N2O3/c1-12-14-6-2-3-7-15(14)23-18(22)16(12)17(21)20-10-8-13-5-4-9-19-11-13/h2-3,6-7,13,19H,4-5,8-11H2,1H3,(H,20,21). The minimum absolute atomic E-state index is 0.116. The van der Waals surface area contributed by atoms with Gasteiger partial charge in [-0.1, -0.05) is 18.2 Å². The van der Waals surface area contributed by atoms with Gasteiger partial charge in [-0.3, -0.25) is 4.79 Å². The van der Waals surface area contributed by atoms with E-state index in [4.69, 9.17) is 4.42 Å². The first kappa shape index (κ1) is 15.7. The fourth-order valence-corrected chi connectivity index (χ4v) is 3.22. The summed E-state index contributed by atoms with van der Waals surface area (Å²) in [5.41, 5.74) is 0.733. The molecule has 0 saturated carbocycles. The molecule has 0 aliphatic carbocycles. The predicted octanol–water partition coefficient (Wildman–Crippen LogP) is 2.22. The van der Waals surface area contributed by atoms with Crippen LogP contribution in [0.3, 0.4) is 0 Å². The van der Waals surface area contributed by atoms with Gasteiger partial charge in [-0.25, -0.2) is 4.79 Å². The molecule has 5 heteroatoms. The van der Waals surface area contributed by atoms with E-state index in [0.29, 0.717) is 23.6 Å². The zero-order chi connectivity index (χ0) is 16.2. The SMILES string of the molecule is Cc1c(C(=O)NCCC2CCCNC2)c(=O)oc2ccccc12. The minimum atomic E-state index is -0.571. The highest BCUT2D eigenvalue weighted by Crippen LogP contribution is 2.19. The molecular weight excluding hydrogens is 292 g/mol. The third-order valence-electron chi connectivity index (χ3n) is 4.54. The van der Waals surface area contributed by atoms with E-state index in [1.807, 2.05) is 18.2 Å². The average Bonchev–Trinajstić information content (AvgIpc) is 2.56. The van der Waals surface area contributed by atoms with Crippen LogP contribution in [0, 0.1) is 12.8 Å². The maximum Gasteiger partial charge on any atom is 0.349 e. The van der Waals surface area contributed by atoms with Crippen LogP contribution in [0.15, 0.2) is 33.5 Å². The molecule has 1 amide bonds. The summed E-state index contributed by atoms with van der Waals surface area (Å²) in [6.45, 7) is 4.46. The van der Waals surface area contributed by atoms with Gasteiger partial charge >= 0.3 is 5.63 Å². The second-order valence-electron chi connectivity index (χ2n) is 6.14. The largest absolute Gasteiger partial charge is 0.422 e. The molecule has 1 unspecified atom stereocenters. The number of fused-ring (bicyclic) bond motifs is 1. The van der Waals surface area contributed by atoms with Gasteiger partial charge in [-0.2, -0.15) is 0 Å². The van der Waals surface area contributed by atoms with E-state index in [1.165, 1.54) is 12.8 Å². The Balaban J connectivity index is 1.71. The molecule has 23 heavy (non-hydrogen) atoms. The zero-order valence-electron chi connectivity index (χ0n) is 13.4. The number of nitrogens with one attached hydrogen (secondary N) is 2. The van der Waals surface area contributed by atoms with Crippen molar-refractivity contribution >= 4 is 16.9 Å². The Morgan fingerprint density at radius 1 is 1.39 bits per heavy atom. The van der Waals surface area contributed by atoms with E-state index >= 15 is 0 Å². The smallest absolute Gasteiger partial charge is 0.349 e. The molecule has 0 radical (unpaired) electrons. The second-order valence-corrected chi connectivity index (χ2v) is 6.14. The van der Waals surface area contributed by atoms with E-state index < -0.39 is 5.63 Å². The van der Waals surface area contributed by atoms with Gasteiger partial charge in [0.15, 0.2) is 0 Å². The molecule has 2 aromatic rings. The fourth-order valence-electron chi connectivity index (χ4n) is 3.22. The lowest BCUT2D eigenvalue weighted by Crippen LogP contribution is -2.34. The van der Waals surface area contributed by atoms with Gasteiger partial charge in [0.2, 0.25) is 0 Å². The van der Waals surface area contributed by atoms with Crippen LogP contribution in [0.4, 0.5) is 0 Å². The third kappa shape index (κ3) is 3.45. The van der Waals surface area contributed by atoms with Crippen LogP contribution in [0.2, 0.25) is 0 Å². The van der Waals surface area contributed by atoms with Crippen molar-refractivity contribution < 1.29 is 9.21 Å². The van der Waals surface area contributed by atoms with Crippen molar-refractivity contribution in [1.82, 2.24) is 10.6 Å². The number of aryl methyl sites for hydroxylation is 1. The Bertz CT molecular complexity index is 760. The number of hydrogen-bond acceptors (Lipinski definition) is 4. The molecule has 5 nitrogen and oxygen atoms in total. The van der Waals surface area contributed by atoms with Crippen molar-refractivity contribution in [1.29, 1.82) is 0 Å². The monoisotopic (exact) mass is 314 g/mol. The van der Waals surface area contributed by atoms with Gasteiger partial charge in [-0.15, -0.1) is 0 Å².